The van der Waals surface area contributed by atoms with Gasteiger partial charge in [-0.1, -0.05) is 33.8 Å². The lowest BCUT2D eigenvalue weighted by Gasteiger charge is -2.61. The van der Waals surface area contributed by atoms with E-state index in [1.165, 1.54) is 0 Å². The predicted octanol–water partition coefficient (Wildman–Crippen LogP) is 3.44. The first-order chi connectivity index (χ1) is 25.3. The lowest BCUT2D eigenvalue weighted by atomic mass is 9.44. The molecule has 0 aromatic carbocycles. The van der Waals surface area contributed by atoms with Crippen LogP contribution in [-0.2, 0) is 25.7 Å². The Balaban J connectivity index is 0.956. The van der Waals surface area contributed by atoms with Gasteiger partial charge in [-0.25, -0.2) is 15.0 Å². The molecule has 2 saturated heterocycles. The molecule has 0 unspecified atom stereocenters. The molecule has 2 aliphatic heterocycles. The molecule has 13 heteroatoms. The smallest absolute Gasteiger partial charge is 0.320 e. The summed E-state index contributed by atoms with van der Waals surface area (Å²) in [6.07, 6.45) is 9.87. The molecule has 3 N–H and O–H groups in total. The number of aromatic nitrogens is 4. The predicted molar refractivity (Wildman–Crippen MR) is 202 cm³/mol. The molecule has 13 nitrogen and oxygen atoms in total. The third kappa shape index (κ3) is 6.58. The molecule has 3 aliphatic carbocycles. The quantitative estimate of drug-likeness (QED) is 0.287. The molecule has 2 aromatic heterocycles. The van der Waals surface area contributed by atoms with Crippen LogP contribution in [0.4, 0.5) is 5.82 Å². The summed E-state index contributed by atoms with van der Waals surface area (Å²) in [6.45, 7) is 17.9. The number of aliphatic hydroxyl groups is 1. The number of Topliss-reactive ketones (excluding diaryl/α,β-unsaturated/α-hetero) is 1. The Labute approximate surface area is 313 Å². The van der Waals surface area contributed by atoms with E-state index in [0.29, 0.717) is 64.4 Å². The summed E-state index contributed by atoms with van der Waals surface area (Å²) in [6, 6.07) is 0. The first-order valence-electron chi connectivity index (χ1n) is 20.0. The van der Waals surface area contributed by atoms with E-state index < -0.39 is 23.0 Å². The Morgan fingerprint density at radius 1 is 1.06 bits per heavy atom. The number of piperidine rings is 1. The van der Waals surface area contributed by atoms with Crippen LogP contribution < -0.4 is 10.6 Å². The number of nitrogens with zero attached hydrogens (tertiary/aromatic N) is 7. The number of imidazole rings is 1. The van der Waals surface area contributed by atoms with Gasteiger partial charge in [-0.3, -0.25) is 19.3 Å². The number of amides is 1. The number of carbonyl (C=O) groups is 3. The fourth-order valence-corrected chi connectivity index (χ4v) is 11.1. The number of aliphatic hydroxyl groups excluding tert-OH is 1. The zero-order valence-corrected chi connectivity index (χ0v) is 32.2. The maximum Gasteiger partial charge on any atom is 0.320 e. The molecule has 0 radical (unpaired) electrons. The minimum atomic E-state index is -0.694. The SMILES string of the molecule is C=C[C@]1(C)C[C@@H](OC(=O)CN2CCN(C(=O)CCn3cnc4c(N5CCC(CN)CC5)ncnc43)CC2)[C@]2(C)[C@H](C)CC[C@]3(CCC(=O)[C@@H]32)[C@@H](C)[C@@H]1O. The van der Waals surface area contributed by atoms with Crippen LogP contribution in [0.1, 0.15) is 79.1 Å². The van der Waals surface area contributed by atoms with E-state index in [9.17, 15) is 19.5 Å². The average Bonchev–Trinajstić information content (AvgIpc) is 3.75. The molecule has 1 amide bonds. The Bertz CT molecular complexity index is 1700. The number of nitrogens with two attached hydrogens (primary N) is 1. The highest BCUT2D eigenvalue weighted by atomic mass is 16.5. The summed E-state index contributed by atoms with van der Waals surface area (Å²) in [5, 5.41) is 11.8. The van der Waals surface area contributed by atoms with Gasteiger partial charge in [0.2, 0.25) is 5.91 Å². The topological polar surface area (TPSA) is 160 Å². The van der Waals surface area contributed by atoms with Gasteiger partial charge in [0.1, 0.15) is 18.2 Å². The Kier molecular flexibility index (Phi) is 10.5. The molecule has 2 aromatic rings. The fraction of sp³-hybridized carbons (Fsp3) is 0.750. The van der Waals surface area contributed by atoms with Crippen molar-refractivity contribution >= 4 is 34.6 Å². The monoisotopic (exact) mass is 732 g/mol. The summed E-state index contributed by atoms with van der Waals surface area (Å²) < 4.78 is 8.40. The number of anilines is 1. The van der Waals surface area contributed by atoms with Gasteiger partial charge in [-0.05, 0) is 68.2 Å². The molecule has 7 rings (SSSR count). The second-order valence-electron chi connectivity index (χ2n) is 17.4. The Hall–Kier alpha value is -3.42. The molecule has 0 spiro atoms. The third-order valence-electron chi connectivity index (χ3n) is 14.8. The van der Waals surface area contributed by atoms with Crippen molar-refractivity contribution < 1.29 is 24.2 Å². The van der Waals surface area contributed by atoms with E-state index in [-0.39, 0.29) is 47.4 Å². The fourth-order valence-electron chi connectivity index (χ4n) is 11.1. The Morgan fingerprint density at radius 2 is 1.79 bits per heavy atom. The number of carbonyl (C=O) groups excluding carboxylic acids is 3. The standard InChI is InChI=1S/C40H60N8O5/c1-6-38(4)21-30(39(5)26(2)7-12-40(27(3)35(38)52)13-8-29(49)34(39)40)53-32(51)23-45-17-19-46(20-18-45)31(50)11-16-48-25-44-33-36(42-24-43-37(33)48)47-14-9-28(22-41)10-15-47/h6,24-28,30,34-35,52H,1,7-23,41H2,2-5H3/t26-,27+,30-,34-,35+,38-,39+,40+/m1/s1. The van der Waals surface area contributed by atoms with Crippen LogP contribution in [0.2, 0.25) is 0 Å². The van der Waals surface area contributed by atoms with E-state index in [2.05, 4.69) is 52.1 Å². The van der Waals surface area contributed by atoms with Crippen molar-refractivity contribution in [1.29, 1.82) is 0 Å². The second-order valence-corrected chi connectivity index (χ2v) is 17.4. The van der Waals surface area contributed by atoms with Gasteiger partial charge in [-0.2, -0.15) is 0 Å². The van der Waals surface area contributed by atoms with Crippen LogP contribution in [0, 0.1) is 39.9 Å². The molecular formula is C40H60N8O5. The van der Waals surface area contributed by atoms with Crippen molar-refractivity contribution in [3.05, 3.63) is 25.3 Å². The number of fused-ring (bicyclic) bond motifs is 1. The van der Waals surface area contributed by atoms with Crippen molar-refractivity contribution in [2.24, 2.45) is 45.7 Å². The van der Waals surface area contributed by atoms with Crippen molar-refractivity contribution in [2.75, 3.05) is 57.3 Å². The molecule has 3 saturated carbocycles. The number of piperazine rings is 1. The van der Waals surface area contributed by atoms with Crippen molar-refractivity contribution in [3.8, 4) is 0 Å². The van der Waals surface area contributed by atoms with Crippen LogP contribution in [0.3, 0.4) is 0 Å². The van der Waals surface area contributed by atoms with Crippen molar-refractivity contribution in [1.82, 2.24) is 29.3 Å². The molecule has 2 bridgehead atoms. The van der Waals surface area contributed by atoms with E-state index in [0.717, 1.165) is 62.2 Å². The van der Waals surface area contributed by atoms with Gasteiger partial charge in [-0.15, -0.1) is 6.58 Å². The number of aryl methyl sites for hydroxylation is 1. The normalized spacial score (nSPS) is 35.5. The van der Waals surface area contributed by atoms with Crippen LogP contribution in [0.15, 0.2) is 25.3 Å². The Morgan fingerprint density at radius 3 is 2.49 bits per heavy atom. The minimum Gasteiger partial charge on any atom is -0.461 e. The third-order valence-corrected chi connectivity index (χ3v) is 14.8. The number of esters is 1. The number of hydrogen-bond acceptors (Lipinski definition) is 11. The molecule has 5 aliphatic rings. The van der Waals surface area contributed by atoms with Gasteiger partial charge < -0.3 is 29.9 Å². The molecular weight excluding hydrogens is 672 g/mol. The first kappa shape index (κ1) is 37.9. The number of ether oxygens (including phenoxy) is 1. The average molecular weight is 733 g/mol. The van der Waals surface area contributed by atoms with E-state index in [4.69, 9.17) is 10.5 Å². The van der Waals surface area contributed by atoms with Gasteiger partial charge in [0.15, 0.2) is 17.0 Å². The van der Waals surface area contributed by atoms with Gasteiger partial charge >= 0.3 is 5.97 Å². The molecule has 53 heavy (non-hydrogen) atoms. The lowest BCUT2D eigenvalue weighted by Crippen LogP contribution is -2.63. The highest BCUT2D eigenvalue weighted by Gasteiger charge is 2.68. The largest absolute Gasteiger partial charge is 0.461 e. The minimum absolute atomic E-state index is 0.0576. The highest BCUT2D eigenvalue weighted by Crippen LogP contribution is 2.68. The zero-order chi connectivity index (χ0) is 37.7. The van der Waals surface area contributed by atoms with Crippen LogP contribution in [0.25, 0.3) is 11.2 Å². The number of ketones is 1. The van der Waals surface area contributed by atoms with Crippen LogP contribution >= 0.6 is 0 Å². The second kappa shape index (κ2) is 14.7. The molecule has 8 atom stereocenters. The van der Waals surface area contributed by atoms with Crippen molar-refractivity contribution in [3.63, 3.8) is 0 Å². The van der Waals surface area contributed by atoms with E-state index >= 15 is 0 Å². The molecule has 4 heterocycles. The van der Waals surface area contributed by atoms with Gasteiger partial charge in [0, 0.05) is 75.4 Å². The van der Waals surface area contributed by atoms with Crippen molar-refractivity contribution in [2.45, 2.75) is 97.8 Å². The lowest BCUT2D eigenvalue weighted by molar-refractivity contribution is -0.207. The summed E-state index contributed by atoms with van der Waals surface area (Å²) in [5.74, 6) is 1.23. The maximum absolute atomic E-state index is 13.8. The molecule has 290 valence electrons. The first-order valence-corrected chi connectivity index (χ1v) is 20.0. The van der Waals surface area contributed by atoms with Crippen LogP contribution in [0.5, 0.6) is 0 Å². The summed E-state index contributed by atoms with van der Waals surface area (Å²) in [4.78, 5) is 60.7. The summed E-state index contributed by atoms with van der Waals surface area (Å²) in [7, 11) is 0. The maximum atomic E-state index is 13.8. The zero-order valence-electron chi connectivity index (χ0n) is 32.2. The summed E-state index contributed by atoms with van der Waals surface area (Å²) in [5.41, 5.74) is 5.86. The summed E-state index contributed by atoms with van der Waals surface area (Å²) >= 11 is 0. The van der Waals surface area contributed by atoms with E-state index in [1.54, 1.807) is 12.7 Å². The van der Waals surface area contributed by atoms with E-state index in [1.807, 2.05) is 22.5 Å². The van der Waals surface area contributed by atoms with Gasteiger partial charge in [0.25, 0.3) is 0 Å². The van der Waals surface area contributed by atoms with Gasteiger partial charge in [0.05, 0.1) is 19.0 Å². The molecule has 5 fully saturated rings. The number of hydrogen-bond donors (Lipinski definition) is 2. The van der Waals surface area contributed by atoms with Crippen LogP contribution in [-0.4, -0.2) is 117 Å². The highest BCUT2D eigenvalue weighted by molar-refractivity contribution is 5.86. The number of rotatable bonds is 9.